The van der Waals surface area contributed by atoms with Gasteiger partial charge in [0.2, 0.25) is 5.82 Å². The van der Waals surface area contributed by atoms with Crippen molar-refractivity contribution in [2.24, 2.45) is 0 Å². The molecule has 2 aromatic carbocycles. The predicted octanol–water partition coefficient (Wildman–Crippen LogP) is 2.12. The number of benzene rings is 2. The fourth-order valence-electron chi connectivity index (χ4n) is 2.04. The van der Waals surface area contributed by atoms with Gasteiger partial charge in [0.15, 0.2) is 0 Å². The number of para-hydroxylation sites is 2. The molecule has 0 unspecified atom stereocenters. The van der Waals surface area contributed by atoms with Crippen LogP contribution in [0.3, 0.4) is 0 Å². The number of carboxylic acid groups (broad SMARTS) is 1. The number of nitrogens with zero attached hydrogens (tertiary/aromatic N) is 2. The van der Waals surface area contributed by atoms with E-state index in [-0.39, 0.29) is 5.82 Å². The van der Waals surface area contributed by atoms with Crippen LogP contribution in [0.15, 0.2) is 54.6 Å². The maximum Gasteiger partial charge on any atom is 0.373 e. The summed E-state index contributed by atoms with van der Waals surface area (Å²) < 4.78 is 1.19. The van der Waals surface area contributed by atoms with Crippen molar-refractivity contribution in [2.75, 3.05) is 5.43 Å². The average Bonchev–Trinajstić information content (AvgIpc) is 2.87. The molecule has 0 saturated heterocycles. The number of rotatable bonds is 3. The molecule has 1 heterocycles. The van der Waals surface area contributed by atoms with Crippen molar-refractivity contribution < 1.29 is 14.7 Å². The van der Waals surface area contributed by atoms with Gasteiger partial charge in [-0.25, -0.2) is 14.5 Å². The standard InChI is InChI=1S/C15H11N3O3/c19-14(10-6-2-1-3-7-10)17-18-12-9-5-4-8-11(12)16-13(18)15(20)21/h1-9H,(H,17,19)(H,20,21). The summed E-state index contributed by atoms with van der Waals surface area (Å²) in [6, 6.07) is 15.5. The molecule has 0 saturated carbocycles. The van der Waals surface area contributed by atoms with E-state index in [1.807, 2.05) is 0 Å². The van der Waals surface area contributed by atoms with Crippen LogP contribution < -0.4 is 5.43 Å². The van der Waals surface area contributed by atoms with Crippen LogP contribution in [0.5, 0.6) is 0 Å². The molecule has 104 valence electrons. The van der Waals surface area contributed by atoms with Crippen LogP contribution in [-0.4, -0.2) is 26.6 Å². The van der Waals surface area contributed by atoms with Crippen molar-refractivity contribution in [3.05, 3.63) is 66.0 Å². The van der Waals surface area contributed by atoms with Gasteiger partial charge >= 0.3 is 5.97 Å². The maximum absolute atomic E-state index is 12.2. The van der Waals surface area contributed by atoms with E-state index in [2.05, 4.69) is 10.4 Å². The third-order valence-electron chi connectivity index (χ3n) is 3.00. The summed E-state index contributed by atoms with van der Waals surface area (Å²) in [7, 11) is 0. The summed E-state index contributed by atoms with van der Waals surface area (Å²) in [5.74, 6) is -1.85. The predicted molar refractivity (Wildman–Crippen MR) is 76.8 cm³/mol. The van der Waals surface area contributed by atoms with Crippen LogP contribution in [0, 0.1) is 0 Å². The van der Waals surface area contributed by atoms with Crippen molar-refractivity contribution in [3.63, 3.8) is 0 Å². The lowest BCUT2D eigenvalue weighted by molar-refractivity contribution is 0.0680. The fraction of sp³-hybridized carbons (Fsp3) is 0. The number of amides is 1. The Labute approximate surface area is 119 Å². The van der Waals surface area contributed by atoms with Crippen LogP contribution in [-0.2, 0) is 0 Å². The fourth-order valence-corrected chi connectivity index (χ4v) is 2.04. The quantitative estimate of drug-likeness (QED) is 0.770. The van der Waals surface area contributed by atoms with E-state index >= 15 is 0 Å². The number of hydrogen-bond donors (Lipinski definition) is 2. The number of carbonyl (C=O) groups excluding carboxylic acids is 1. The summed E-state index contributed by atoms with van der Waals surface area (Å²) in [6.07, 6.45) is 0. The van der Waals surface area contributed by atoms with Gasteiger partial charge in [0.25, 0.3) is 5.91 Å². The highest BCUT2D eigenvalue weighted by molar-refractivity contribution is 6.02. The molecule has 0 atom stereocenters. The summed E-state index contributed by atoms with van der Waals surface area (Å²) in [5.41, 5.74) is 4.03. The lowest BCUT2D eigenvalue weighted by Gasteiger charge is -2.08. The second kappa shape index (κ2) is 5.09. The van der Waals surface area contributed by atoms with Gasteiger partial charge in [-0.05, 0) is 24.3 Å². The third-order valence-corrected chi connectivity index (χ3v) is 3.00. The molecule has 2 N–H and O–H groups in total. The van der Waals surface area contributed by atoms with E-state index in [0.717, 1.165) is 0 Å². The Morgan fingerprint density at radius 3 is 2.38 bits per heavy atom. The van der Waals surface area contributed by atoms with Gasteiger partial charge in [0, 0.05) is 5.56 Å². The van der Waals surface area contributed by atoms with Crippen LogP contribution in [0.1, 0.15) is 21.0 Å². The zero-order chi connectivity index (χ0) is 14.8. The van der Waals surface area contributed by atoms with Crippen LogP contribution in [0.2, 0.25) is 0 Å². The van der Waals surface area contributed by atoms with E-state index in [1.54, 1.807) is 54.6 Å². The molecule has 0 aliphatic carbocycles. The highest BCUT2D eigenvalue weighted by atomic mass is 16.4. The first-order valence-corrected chi connectivity index (χ1v) is 6.24. The molecule has 0 fully saturated rings. The number of nitrogens with one attached hydrogen (secondary N) is 1. The number of aromatic nitrogens is 2. The molecule has 1 aromatic heterocycles. The molecule has 3 rings (SSSR count). The monoisotopic (exact) mass is 281 g/mol. The van der Waals surface area contributed by atoms with E-state index < -0.39 is 11.9 Å². The SMILES string of the molecule is O=C(Nn1c(C(=O)O)nc2ccccc21)c1ccccc1. The molecule has 0 aliphatic heterocycles. The molecule has 6 heteroatoms. The highest BCUT2D eigenvalue weighted by Crippen LogP contribution is 2.15. The number of carbonyl (C=O) groups is 2. The van der Waals surface area contributed by atoms with Crippen LogP contribution in [0.25, 0.3) is 11.0 Å². The molecule has 0 radical (unpaired) electrons. The molecule has 1 amide bonds. The lowest BCUT2D eigenvalue weighted by Crippen LogP contribution is -2.26. The normalized spacial score (nSPS) is 10.5. The third kappa shape index (κ3) is 2.34. The molecule has 6 nitrogen and oxygen atoms in total. The first-order chi connectivity index (χ1) is 10.2. The summed E-state index contributed by atoms with van der Waals surface area (Å²) in [6.45, 7) is 0. The minimum Gasteiger partial charge on any atom is -0.475 e. The summed E-state index contributed by atoms with van der Waals surface area (Å²) in [4.78, 5) is 27.5. The second-order valence-electron chi connectivity index (χ2n) is 4.37. The molecule has 0 aliphatic rings. The lowest BCUT2D eigenvalue weighted by atomic mass is 10.2. The Hall–Kier alpha value is -3.15. The Morgan fingerprint density at radius 2 is 1.67 bits per heavy atom. The van der Waals surface area contributed by atoms with Crippen molar-refractivity contribution in [3.8, 4) is 0 Å². The molecule has 21 heavy (non-hydrogen) atoms. The van der Waals surface area contributed by atoms with Crippen LogP contribution in [0.4, 0.5) is 0 Å². The maximum atomic E-state index is 12.2. The van der Waals surface area contributed by atoms with Crippen molar-refractivity contribution >= 4 is 22.9 Å². The zero-order valence-corrected chi connectivity index (χ0v) is 10.9. The van der Waals surface area contributed by atoms with Crippen molar-refractivity contribution in [2.45, 2.75) is 0 Å². The van der Waals surface area contributed by atoms with Gasteiger partial charge in [-0.15, -0.1) is 0 Å². The van der Waals surface area contributed by atoms with Crippen molar-refractivity contribution in [1.82, 2.24) is 9.66 Å². The Bertz CT molecular complexity index is 825. The number of imidazole rings is 1. The zero-order valence-electron chi connectivity index (χ0n) is 10.9. The van der Waals surface area contributed by atoms with E-state index in [4.69, 9.17) is 0 Å². The minimum atomic E-state index is -1.21. The minimum absolute atomic E-state index is 0.236. The molecular weight excluding hydrogens is 270 g/mol. The number of carboxylic acids is 1. The molecule has 0 spiro atoms. The topological polar surface area (TPSA) is 84.2 Å². The van der Waals surface area contributed by atoms with E-state index in [0.29, 0.717) is 16.6 Å². The van der Waals surface area contributed by atoms with Crippen LogP contribution >= 0.6 is 0 Å². The van der Waals surface area contributed by atoms with E-state index in [1.165, 1.54) is 4.68 Å². The van der Waals surface area contributed by atoms with Gasteiger partial charge in [0.1, 0.15) is 0 Å². The summed E-state index contributed by atoms with van der Waals surface area (Å²) >= 11 is 0. The molecular formula is C15H11N3O3. The van der Waals surface area contributed by atoms with E-state index in [9.17, 15) is 14.7 Å². The number of hydrogen-bond acceptors (Lipinski definition) is 3. The first kappa shape index (κ1) is 12.9. The number of fused-ring (bicyclic) bond motifs is 1. The largest absolute Gasteiger partial charge is 0.475 e. The van der Waals surface area contributed by atoms with Gasteiger partial charge in [-0.2, -0.15) is 0 Å². The van der Waals surface area contributed by atoms with Gasteiger partial charge in [-0.3, -0.25) is 10.2 Å². The Balaban J connectivity index is 2.05. The van der Waals surface area contributed by atoms with Gasteiger partial charge in [0.05, 0.1) is 11.0 Å². The van der Waals surface area contributed by atoms with Gasteiger partial charge < -0.3 is 5.11 Å². The Morgan fingerprint density at radius 1 is 1.00 bits per heavy atom. The average molecular weight is 281 g/mol. The van der Waals surface area contributed by atoms with Crippen molar-refractivity contribution in [1.29, 1.82) is 0 Å². The molecule has 3 aromatic rings. The first-order valence-electron chi connectivity index (χ1n) is 6.24. The number of aromatic carboxylic acids is 1. The Kier molecular flexibility index (Phi) is 3.12. The highest BCUT2D eigenvalue weighted by Gasteiger charge is 2.18. The summed E-state index contributed by atoms with van der Waals surface area (Å²) in [5, 5.41) is 9.22. The smallest absolute Gasteiger partial charge is 0.373 e. The second-order valence-corrected chi connectivity index (χ2v) is 4.37. The van der Waals surface area contributed by atoms with Gasteiger partial charge in [-0.1, -0.05) is 30.3 Å². The molecule has 0 bridgehead atoms.